The van der Waals surface area contributed by atoms with Crippen molar-refractivity contribution in [3.8, 4) is 0 Å². The van der Waals surface area contributed by atoms with E-state index in [4.69, 9.17) is 5.73 Å². The van der Waals surface area contributed by atoms with Crippen LogP contribution in [-0.2, 0) is 15.8 Å². The topological polar surface area (TPSA) is 63.4 Å². The number of imide groups is 1. The lowest BCUT2D eigenvalue weighted by Crippen LogP contribution is -2.26. The number of benzene rings is 1. The summed E-state index contributed by atoms with van der Waals surface area (Å²) in [6.07, 6.45) is -4.43. The van der Waals surface area contributed by atoms with Crippen molar-refractivity contribution in [2.45, 2.75) is 22.7 Å². The fourth-order valence-electron chi connectivity index (χ4n) is 1.80. The fraction of sp³-hybridized carbons (Fsp3) is 0.333. The van der Waals surface area contributed by atoms with Crippen molar-refractivity contribution in [1.82, 2.24) is 4.90 Å². The minimum Gasteiger partial charge on any atom is -0.398 e. The second kappa shape index (κ2) is 5.01. The van der Waals surface area contributed by atoms with E-state index in [2.05, 4.69) is 0 Å². The molecule has 1 fully saturated rings. The Balaban J connectivity index is 2.19. The number of hydrogen-bond donors (Lipinski definition) is 1. The number of carbonyl (C=O) groups is 2. The number of amides is 2. The van der Waals surface area contributed by atoms with Gasteiger partial charge in [0.2, 0.25) is 11.8 Å². The van der Waals surface area contributed by atoms with Crippen molar-refractivity contribution in [3.63, 3.8) is 0 Å². The number of likely N-dealkylation sites (tertiary alicyclic amines) is 1. The number of nitrogens with two attached hydrogens (primary N) is 1. The molecule has 1 unspecified atom stereocenters. The van der Waals surface area contributed by atoms with Crippen LogP contribution in [0.15, 0.2) is 23.1 Å². The molecule has 0 bridgehead atoms. The molecule has 0 radical (unpaired) electrons. The lowest BCUT2D eigenvalue weighted by molar-refractivity contribution is -0.138. The van der Waals surface area contributed by atoms with Gasteiger partial charge in [0, 0.05) is 24.1 Å². The number of carbonyl (C=O) groups excluding carboxylic acids is 2. The minimum absolute atomic E-state index is 0.0282. The molecule has 1 saturated heterocycles. The Morgan fingerprint density at radius 3 is 2.45 bits per heavy atom. The summed E-state index contributed by atoms with van der Waals surface area (Å²) in [4.78, 5) is 24.5. The van der Waals surface area contributed by atoms with E-state index in [0.717, 1.165) is 28.8 Å². The van der Waals surface area contributed by atoms with Gasteiger partial charge in [-0.15, -0.1) is 11.8 Å². The first-order valence-corrected chi connectivity index (χ1v) is 6.52. The van der Waals surface area contributed by atoms with Crippen LogP contribution in [0.4, 0.5) is 18.9 Å². The molecule has 2 amide bonds. The molecule has 20 heavy (non-hydrogen) atoms. The zero-order chi connectivity index (χ0) is 15.1. The third-order valence-electron chi connectivity index (χ3n) is 2.95. The SMILES string of the molecule is CN1C(=O)CC(Sc2ccc(C(F)(F)F)cc2N)C1=O. The molecule has 1 aromatic carbocycles. The number of thioether (sulfide) groups is 1. The number of alkyl halides is 3. The van der Waals surface area contributed by atoms with Crippen molar-refractivity contribution in [2.24, 2.45) is 0 Å². The summed E-state index contributed by atoms with van der Waals surface area (Å²) < 4.78 is 37.5. The monoisotopic (exact) mass is 304 g/mol. The number of rotatable bonds is 2. The maximum atomic E-state index is 12.5. The van der Waals surface area contributed by atoms with Crippen LogP contribution in [-0.4, -0.2) is 29.0 Å². The standard InChI is InChI=1S/C12H11F3N2O2S/c1-17-10(18)5-9(11(17)19)20-8-3-2-6(4-7(8)16)12(13,14)15/h2-4,9H,5,16H2,1H3. The van der Waals surface area contributed by atoms with Crippen LogP contribution in [0.5, 0.6) is 0 Å². The van der Waals surface area contributed by atoms with E-state index in [1.807, 2.05) is 0 Å². The molecule has 1 aliphatic rings. The summed E-state index contributed by atoms with van der Waals surface area (Å²) in [5.74, 6) is -0.669. The van der Waals surface area contributed by atoms with E-state index in [-0.39, 0.29) is 23.9 Å². The maximum Gasteiger partial charge on any atom is 0.416 e. The van der Waals surface area contributed by atoms with Gasteiger partial charge in [0.25, 0.3) is 0 Å². The van der Waals surface area contributed by atoms with Gasteiger partial charge < -0.3 is 5.73 Å². The Morgan fingerprint density at radius 2 is 2.00 bits per heavy atom. The summed E-state index contributed by atoms with van der Waals surface area (Å²) in [7, 11) is 1.38. The van der Waals surface area contributed by atoms with Crippen molar-refractivity contribution in [3.05, 3.63) is 23.8 Å². The smallest absolute Gasteiger partial charge is 0.398 e. The summed E-state index contributed by atoms with van der Waals surface area (Å²) >= 11 is 1.01. The summed E-state index contributed by atoms with van der Waals surface area (Å²) in [6.45, 7) is 0. The van der Waals surface area contributed by atoms with Gasteiger partial charge in [-0.05, 0) is 18.2 Å². The molecule has 2 rings (SSSR count). The molecular formula is C12H11F3N2O2S. The van der Waals surface area contributed by atoms with Crippen LogP contribution in [0.3, 0.4) is 0 Å². The largest absolute Gasteiger partial charge is 0.416 e. The van der Waals surface area contributed by atoms with Crippen molar-refractivity contribution >= 4 is 29.3 Å². The van der Waals surface area contributed by atoms with Gasteiger partial charge in [-0.1, -0.05) is 0 Å². The molecule has 2 N–H and O–H groups in total. The zero-order valence-electron chi connectivity index (χ0n) is 10.4. The summed E-state index contributed by atoms with van der Waals surface area (Å²) in [5.41, 5.74) is 4.68. The van der Waals surface area contributed by atoms with Crippen molar-refractivity contribution in [1.29, 1.82) is 0 Å². The highest BCUT2D eigenvalue weighted by Crippen LogP contribution is 2.37. The van der Waals surface area contributed by atoms with Gasteiger partial charge in [0.15, 0.2) is 0 Å². The average Bonchev–Trinajstić information content (AvgIpc) is 2.58. The molecule has 4 nitrogen and oxygen atoms in total. The molecular weight excluding hydrogens is 293 g/mol. The van der Waals surface area contributed by atoms with Gasteiger partial charge in [-0.2, -0.15) is 13.2 Å². The predicted octanol–water partition coefficient (Wildman–Crippen LogP) is 2.14. The minimum atomic E-state index is -4.46. The molecule has 1 aliphatic heterocycles. The Bertz CT molecular complexity index is 574. The third-order valence-corrected chi connectivity index (χ3v) is 4.23. The quantitative estimate of drug-likeness (QED) is 0.671. The molecule has 0 aromatic heterocycles. The first-order valence-electron chi connectivity index (χ1n) is 5.64. The normalized spacial score (nSPS) is 19.8. The molecule has 1 atom stereocenters. The van der Waals surface area contributed by atoms with Gasteiger partial charge in [-0.3, -0.25) is 14.5 Å². The number of halogens is 3. The first kappa shape index (κ1) is 14.7. The molecule has 0 spiro atoms. The highest BCUT2D eigenvalue weighted by Gasteiger charge is 2.37. The van der Waals surface area contributed by atoms with Crippen LogP contribution in [0.25, 0.3) is 0 Å². The molecule has 108 valence electrons. The van der Waals surface area contributed by atoms with E-state index in [9.17, 15) is 22.8 Å². The molecule has 1 aromatic rings. The Hall–Kier alpha value is -1.70. The van der Waals surface area contributed by atoms with Crippen molar-refractivity contribution < 1.29 is 22.8 Å². The van der Waals surface area contributed by atoms with E-state index in [0.29, 0.717) is 4.90 Å². The number of nitrogen functional groups attached to an aromatic ring is 1. The van der Waals surface area contributed by atoms with Crippen molar-refractivity contribution in [2.75, 3.05) is 12.8 Å². The zero-order valence-corrected chi connectivity index (χ0v) is 11.2. The maximum absolute atomic E-state index is 12.5. The Morgan fingerprint density at radius 1 is 1.35 bits per heavy atom. The molecule has 0 aliphatic carbocycles. The van der Waals surface area contributed by atoms with Gasteiger partial charge >= 0.3 is 6.18 Å². The molecule has 1 heterocycles. The summed E-state index contributed by atoms with van der Waals surface area (Å²) in [5, 5.41) is -0.633. The van der Waals surface area contributed by atoms with E-state index in [1.54, 1.807) is 0 Å². The highest BCUT2D eigenvalue weighted by molar-refractivity contribution is 8.00. The average molecular weight is 304 g/mol. The predicted molar refractivity (Wildman–Crippen MR) is 67.9 cm³/mol. The van der Waals surface area contributed by atoms with Gasteiger partial charge in [0.1, 0.15) is 0 Å². The third kappa shape index (κ3) is 2.74. The second-order valence-corrected chi connectivity index (χ2v) is 5.60. The first-order chi connectivity index (χ1) is 9.20. The molecule has 8 heteroatoms. The highest BCUT2D eigenvalue weighted by atomic mass is 32.2. The van der Waals surface area contributed by atoms with E-state index < -0.39 is 17.0 Å². The van der Waals surface area contributed by atoms with Crippen LogP contribution >= 0.6 is 11.8 Å². The van der Waals surface area contributed by atoms with Crippen LogP contribution in [0.2, 0.25) is 0 Å². The lowest BCUT2D eigenvalue weighted by atomic mass is 10.2. The van der Waals surface area contributed by atoms with Gasteiger partial charge in [-0.25, -0.2) is 0 Å². The Labute approximate surface area is 117 Å². The fourth-order valence-corrected chi connectivity index (χ4v) is 2.93. The van der Waals surface area contributed by atoms with Crippen LogP contribution in [0, 0.1) is 0 Å². The van der Waals surface area contributed by atoms with E-state index in [1.165, 1.54) is 13.1 Å². The van der Waals surface area contributed by atoms with Crippen LogP contribution < -0.4 is 5.73 Å². The van der Waals surface area contributed by atoms with Crippen LogP contribution in [0.1, 0.15) is 12.0 Å². The second-order valence-electron chi connectivity index (χ2n) is 4.35. The van der Waals surface area contributed by atoms with Gasteiger partial charge in [0.05, 0.1) is 10.8 Å². The number of anilines is 1. The van der Waals surface area contributed by atoms with E-state index >= 15 is 0 Å². The number of nitrogens with zero attached hydrogens (tertiary/aromatic N) is 1. The summed E-state index contributed by atoms with van der Waals surface area (Å²) in [6, 6.07) is 2.95. The molecule has 0 saturated carbocycles. The lowest BCUT2D eigenvalue weighted by Gasteiger charge is -2.12. The number of hydrogen-bond acceptors (Lipinski definition) is 4. The Kier molecular flexibility index (Phi) is 3.68.